The average molecular weight is 224 g/mol. The molecular formula is C10H16N4O2. The maximum atomic E-state index is 11.7. The summed E-state index contributed by atoms with van der Waals surface area (Å²) in [6.45, 7) is 2.43. The minimum Gasteiger partial charge on any atom is -0.389 e. The van der Waals surface area contributed by atoms with E-state index < -0.39 is 12.1 Å². The SMILES string of the molecule is CC(N)C(=O)N1CC(O)C(n2cccn2)C1. The summed E-state index contributed by atoms with van der Waals surface area (Å²) in [4.78, 5) is 13.3. The number of β-amino-alcohol motifs (C(OH)–C–C–N with tert-alkyl or cyclic N) is 1. The molecule has 3 N–H and O–H groups in total. The zero-order chi connectivity index (χ0) is 11.7. The second-order valence-electron chi connectivity index (χ2n) is 4.15. The average Bonchev–Trinajstić information content (AvgIpc) is 2.84. The first-order chi connectivity index (χ1) is 7.59. The van der Waals surface area contributed by atoms with E-state index in [2.05, 4.69) is 5.10 Å². The molecule has 3 atom stereocenters. The van der Waals surface area contributed by atoms with Gasteiger partial charge >= 0.3 is 0 Å². The van der Waals surface area contributed by atoms with Crippen molar-refractivity contribution in [3.63, 3.8) is 0 Å². The largest absolute Gasteiger partial charge is 0.389 e. The summed E-state index contributed by atoms with van der Waals surface area (Å²) in [5.74, 6) is -0.131. The molecule has 0 spiro atoms. The van der Waals surface area contributed by atoms with Crippen LogP contribution in [0.25, 0.3) is 0 Å². The van der Waals surface area contributed by atoms with Gasteiger partial charge in [-0.2, -0.15) is 5.10 Å². The molecule has 0 saturated carbocycles. The number of aromatic nitrogens is 2. The molecule has 1 amide bonds. The van der Waals surface area contributed by atoms with Crippen molar-refractivity contribution in [1.82, 2.24) is 14.7 Å². The predicted molar refractivity (Wildman–Crippen MR) is 57.5 cm³/mol. The van der Waals surface area contributed by atoms with Crippen LogP contribution < -0.4 is 5.73 Å². The van der Waals surface area contributed by atoms with Crippen molar-refractivity contribution in [3.05, 3.63) is 18.5 Å². The van der Waals surface area contributed by atoms with Crippen LogP contribution in [0, 0.1) is 0 Å². The lowest BCUT2D eigenvalue weighted by Crippen LogP contribution is -2.41. The Kier molecular flexibility index (Phi) is 2.93. The first-order valence-electron chi connectivity index (χ1n) is 5.31. The number of carbonyl (C=O) groups is 1. The molecule has 1 saturated heterocycles. The second kappa shape index (κ2) is 4.23. The molecule has 6 nitrogen and oxygen atoms in total. The molecule has 1 aromatic rings. The third kappa shape index (κ3) is 1.94. The lowest BCUT2D eigenvalue weighted by atomic mass is 10.2. The molecule has 1 fully saturated rings. The summed E-state index contributed by atoms with van der Waals surface area (Å²) >= 11 is 0. The van der Waals surface area contributed by atoms with Crippen molar-refractivity contribution in [2.24, 2.45) is 5.73 Å². The molecule has 88 valence electrons. The molecule has 2 heterocycles. The highest BCUT2D eigenvalue weighted by molar-refractivity contribution is 5.81. The van der Waals surface area contributed by atoms with Crippen molar-refractivity contribution in [2.75, 3.05) is 13.1 Å². The maximum absolute atomic E-state index is 11.7. The summed E-state index contributed by atoms with van der Waals surface area (Å²) in [5, 5.41) is 13.9. The Morgan fingerprint density at radius 1 is 1.62 bits per heavy atom. The van der Waals surface area contributed by atoms with Crippen LogP contribution in [0.15, 0.2) is 18.5 Å². The molecule has 1 aliphatic rings. The zero-order valence-corrected chi connectivity index (χ0v) is 9.15. The van der Waals surface area contributed by atoms with Gasteiger partial charge in [0.2, 0.25) is 5.91 Å². The normalized spacial score (nSPS) is 27.1. The minimum atomic E-state index is -0.581. The number of hydrogen-bond acceptors (Lipinski definition) is 4. The smallest absolute Gasteiger partial charge is 0.239 e. The fourth-order valence-electron chi connectivity index (χ4n) is 1.97. The van der Waals surface area contributed by atoms with Gasteiger partial charge in [0, 0.05) is 25.5 Å². The first kappa shape index (κ1) is 11.1. The van der Waals surface area contributed by atoms with E-state index in [1.165, 1.54) is 0 Å². The van der Waals surface area contributed by atoms with Crippen LogP contribution in [0.3, 0.4) is 0 Å². The number of nitrogens with zero attached hydrogens (tertiary/aromatic N) is 3. The Hall–Kier alpha value is -1.40. The number of aliphatic hydroxyl groups is 1. The molecule has 0 radical (unpaired) electrons. The molecule has 3 unspecified atom stereocenters. The van der Waals surface area contributed by atoms with Gasteiger partial charge in [0.25, 0.3) is 0 Å². The molecule has 1 aromatic heterocycles. The number of amides is 1. The summed E-state index contributed by atoms with van der Waals surface area (Å²) in [5.41, 5.74) is 5.53. The van der Waals surface area contributed by atoms with Gasteiger partial charge in [0.1, 0.15) is 0 Å². The Labute approximate surface area is 93.6 Å². The van der Waals surface area contributed by atoms with Gasteiger partial charge in [0.05, 0.1) is 18.2 Å². The second-order valence-corrected chi connectivity index (χ2v) is 4.15. The van der Waals surface area contributed by atoms with E-state index in [9.17, 15) is 9.90 Å². The lowest BCUT2D eigenvalue weighted by molar-refractivity contribution is -0.131. The van der Waals surface area contributed by atoms with Gasteiger partial charge in [-0.1, -0.05) is 0 Å². The summed E-state index contributed by atoms with van der Waals surface area (Å²) in [6, 6.07) is 1.10. The molecule has 6 heteroatoms. The van der Waals surface area contributed by atoms with Gasteiger partial charge in [0.15, 0.2) is 0 Å². The van der Waals surface area contributed by atoms with Gasteiger partial charge in [-0.25, -0.2) is 0 Å². The molecule has 16 heavy (non-hydrogen) atoms. The maximum Gasteiger partial charge on any atom is 0.239 e. The highest BCUT2D eigenvalue weighted by Gasteiger charge is 2.36. The number of carbonyl (C=O) groups excluding carboxylic acids is 1. The van der Waals surface area contributed by atoms with Crippen LogP contribution >= 0.6 is 0 Å². The predicted octanol–water partition coefficient (Wildman–Crippen LogP) is -1.03. The third-order valence-electron chi connectivity index (χ3n) is 2.82. The molecule has 0 aromatic carbocycles. The van der Waals surface area contributed by atoms with Gasteiger partial charge < -0.3 is 15.7 Å². The van der Waals surface area contributed by atoms with E-state index in [1.807, 2.05) is 0 Å². The van der Waals surface area contributed by atoms with Crippen LogP contribution in [-0.4, -0.2) is 50.9 Å². The number of aliphatic hydroxyl groups excluding tert-OH is 1. The molecule has 2 rings (SSSR count). The van der Waals surface area contributed by atoms with E-state index in [4.69, 9.17) is 5.73 Å². The Morgan fingerprint density at radius 3 is 2.94 bits per heavy atom. The van der Waals surface area contributed by atoms with E-state index in [0.29, 0.717) is 13.1 Å². The van der Waals surface area contributed by atoms with Gasteiger partial charge in [-0.15, -0.1) is 0 Å². The Bertz CT molecular complexity index is 363. The van der Waals surface area contributed by atoms with Crippen molar-refractivity contribution in [2.45, 2.75) is 25.1 Å². The number of hydrogen-bond donors (Lipinski definition) is 2. The fourth-order valence-corrected chi connectivity index (χ4v) is 1.97. The minimum absolute atomic E-state index is 0.131. The first-order valence-corrected chi connectivity index (χ1v) is 5.31. The topological polar surface area (TPSA) is 84.4 Å². The number of likely N-dealkylation sites (tertiary alicyclic amines) is 1. The van der Waals surface area contributed by atoms with E-state index in [0.717, 1.165) is 0 Å². The standard InChI is InChI=1S/C10H16N4O2/c1-7(11)10(16)13-5-8(9(15)6-13)14-4-2-3-12-14/h2-4,7-9,15H,5-6,11H2,1H3. The molecule has 0 aliphatic carbocycles. The van der Waals surface area contributed by atoms with Crippen molar-refractivity contribution in [3.8, 4) is 0 Å². The molecular weight excluding hydrogens is 208 g/mol. The van der Waals surface area contributed by atoms with Crippen LogP contribution in [0.4, 0.5) is 0 Å². The monoisotopic (exact) mass is 224 g/mol. The lowest BCUT2D eigenvalue weighted by Gasteiger charge is -2.18. The van der Waals surface area contributed by atoms with Crippen LogP contribution in [0.5, 0.6) is 0 Å². The molecule has 0 bridgehead atoms. The van der Waals surface area contributed by atoms with Gasteiger partial charge in [-0.3, -0.25) is 9.48 Å². The van der Waals surface area contributed by atoms with Gasteiger partial charge in [-0.05, 0) is 13.0 Å². The molecule has 1 aliphatic heterocycles. The van der Waals surface area contributed by atoms with E-state index in [-0.39, 0.29) is 11.9 Å². The summed E-state index contributed by atoms with van der Waals surface area (Å²) in [7, 11) is 0. The van der Waals surface area contributed by atoms with Crippen LogP contribution in [-0.2, 0) is 4.79 Å². The summed E-state index contributed by atoms with van der Waals surface area (Å²) < 4.78 is 1.68. The van der Waals surface area contributed by atoms with Crippen molar-refractivity contribution in [1.29, 1.82) is 0 Å². The van der Waals surface area contributed by atoms with Crippen LogP contribution in [0.1, 0.15) is 13.0 Å². The van der Waals surface area contributed by atoms with E-state index >= 15 is 0 Å². The fraction of sp³-hybridized carbons (Fsp3) is 0.600. The third-order valence-corrected chi connectivity index (χ3v) is 2.82. The highest BCUT2D eigenvalue weighted by Crippen LogP contribution is 2.21. The van der Waals surface area contributed by atoms with Crippen molar-refractivity contribution >= 4 is 5.91 Å². The zero-order valence-electron chi connectivity index (χ0n) is 9.15. The Morgan fingerprint density at radius 2 is 2.38 bits per heavy atom. The van der Waals surface area contributed by atoms with Crippen molar-refractivity contribution < 1.29 is 9.90 Å². The summed E-state index contributed by atoms with van der Waals surface area (Å²) in [6.07, 6.45) is 2.86. The number of rotatable bonds is 2. The van der Waals surface area contributed by atoms with Crippen LogP contribution in [0.2, 0.25) is 0 Å². The Balaban J connectivity index is 2.08. The quantitative estimate of drug-likeness (QED) is 0.673. The highest BCUT2D eigenvalue weighted by atomic mass is 16.3. The van der Waals surface area contributed by atoms with E-state index in [1.54, 1.807) is 35.0 Å². The number of nitrogens with two attached hydrogens (primary N) is 1.